The van der Waals surface area contributed by atoms with Crippen molar-refractivity contribution in [1.82, 2.24) is 15.5 Å². The highest BCUT2D eigenvalue weighted by atomic mass is 16.2. The predicted molar refractivity (Wildman–Crippen MR) is 86.0 cm³/mol. The van der Waals surface area contributed by atoms with Crippen LogP contribution < -0.4 is 10.2 Å². The minimum absolute atomic E-state index is 0.00556. The van der Waals surface area contributed by atoms with Crippen LogP contribution in [0, 0.1) is 6.92 Å². The number of amides is 1. The fourth-order valence-electron chi connectivity index (χ4n) is 2.77. The molecule has 2 aromatic rings. The van der Waals surface area contributed by atoms with Gasteiger partial charge in [-0.1, -0.05) is 25.1 Å². The van der Waals surface area contributed by atoms with Crippen LogP contribution in [0.15, 0.2) is 30.3 Å². The largest absolute Gasteiger partial charge is 0.311 e. The van der Waals surface area contributed by atoms with E-state index in [2.05, 4.69) is 21.6 Å². The minimum atomic E-state index is 0.00556. The molecule has 1 aliphatic heterocycles. The van der Waals surface area contributed by atoms with E-state index >= 15 is 0 Å². The van der Waals surface area contributed by atoms with E-state index in [1.54, 1.807) is 0 Å². The van der Waals surface area contributed by atoms with Gasteiger partial charge < -0.3 is 10.2 Å². The van der Waals surface area contributed by atoms with Gasteiger partial charge in [-0.15, -0.1) is 0 Å². The van der Waals surface area contributed by atoms with Crippen LogP contribution in [0.1, 0.15) is 34.2 Å². The SMILES string of the molecule is CCc1nnc(C)cc1C(=O)N1CCNCc2ccccc21. The normalized spacial score (nSPS) is 14.4. The number of aromatic nitrogens is 2. The Balaban J connectivity index is 2.04. The Morgan fingerprint density at radius 3 is 2.95 bits per heavy atom. The van der Waals surface area contributed by atoms with Crippen LogP contribution in [0.2, 0.25) is 0 Å². The molecule has 0 bridgehead atoms. The van der Waals surface area contributed by atoms with E-state index in [1.807, 2.05) is 43.0 Å². The second-order valence-corrected chi connectivity index (χ2v) is 5.46. The summed E-state index contributed by atoms with van der Waals surface area (Å²) in [6.07, 6.45) is 0.697. The quantitative estimate of drug-likeness (QED) is 0.922. The topological polar surface area (TPSA) is 58.1 Å². The lowest BCUT2D eigenvalue weighted by Crippen LogP contribution is -2.35. The average Bonchev–Trinajstić information content (AvgIpc) is 2.76. The number of aryl methyl sites for hydroxylation is 2. The third kappa shape index (κ3) is 2.72. The Hall–Kier alpha value is -2.27. The number of anilines is 1. The smallest absolute Gasteiger partial charge is 0.260 e. The Morgan fingerprint density at radius 1 is 1.32 bits per heavy atom. The lowest BCUT2D eigenvalue weighted by molar-refractivity contribution is 0.0986. The molecular formula is C17H20N4O. The van der Waals surface area contributed by atoms with E-state index in [-0.39, 0.29) is 5.91 Å². The van der Waals surface area contributed by atoms with Crippen molar-refractivity contribution in [3.05, 3.63) is 52.8 Å². The second-order valence-electron chi connectivity index (χ2n) is 5.46. The molecule has 0 fully saturated rings. The van der Waals surface area contributed by atoms with Gasteiger partial charge in [0, 0.05) is 25.3 Å². The molecule has 5 heteroatoms. The van der Waals surface area contributed by atoms with Crippen molar-refractivity contribution in [1.29, 1.82) is 0 Å². The number of hydrogen-bond acceptors (Lipinski definition) is 4. The summed E-state index contributed by atoms with van der Waals surface area (Å²) in [5, 5.41) is 11.6. The molecule has 0 saturated carbocycles. The van der Waals surface area contributed by atoms with Gasteiger partial charge in [0.2, 0.25) is 0 Å². The van der Waals surface area contributed by atoms with Crippen LogP contribution in [-0.4, -0.2) is 29.2 Å². The summed E-state index contributed by atoms with van der Waals surface area (Å²) in [6, 6.07) is 9.89. The molecule has 1 amide bonds. The highest BCUT2D eigenvalue weighted by molar-refractivity contribution is 6.07. The summed E-state index contributed by atoms with van der Waals surface area (Å²) in [5.41, 5.74) is 4.30. The van der Waals surface area contributed by atoms with E-state index in [0.717, 1.165) is 35.7 Å². The van der Waals surface area contributed by atoms with Crippen molar-refractivity contribution >= 4 is 11.6 Å². The maximum Gasteiger partial charge on any atom is 0.260 e. The second kappa shape index (κ2) is 6.23. The summed E-state index contributed by atoms with van der Waals surface area (Å²) in [6.45, 7) is 6.07. The Bertz CT molecular complexity index is 699. The Kier molecular flexibility index (Phi) is 4.15. The van der Waals surface area contributed by atoms with Crippen molar-refractivity contribution in [2.45, 2.75) is 26.8 Å². The van der Waals surface area contributed by atoms with E-state index < -0.39 is 0 Å². The third-order valence-electron chi connectivity index (χ3n) is 3.91. The number of para-hydroxylation sites is 1. The van der Waals surface area contributed by atoms with Crippen LogP contribution in [0.3, 0.4) is 0 Å². The van der Waals surface area contributed by atoms with Gasteiger partial charge >= 0.3 is 0 Å². The number of carbonyl (C=O) groups excluding carboxylic acids is 1. The predicted octanol–water partition coefficient (Wildman–Crippen LogP) is 2.10. The minimum Gasteiger partial charge on any atom is -0.311 e. The first-order valence-electron chi connectivity index (χ1n) is 7.64. The highest BCUT2D eigenvalue weighted by Gasteiger charge is 2.24. The van der Waals surface area contributed by atoms with Gasteiger partial charge in [-0.3, -0.25) is 4.79 Å². The molecule has 0 aliphatic carbocycles. The van der Waals surface area contributed by atoms with Crippen molar-refractivity contribution in [3.63, 3.8) is 0 Å². The molecule has 3 rings (SSSR count). The van der Waals surface area contributed by atoms with Gasteiger partial charge in [0.05, 0.1) is 17.0 Å². The van der Waals surface area contributed by atoms with Gasteiger partial charge in [-0.2, -0.15) is 10.2 Å². The van der Waals surface area contributed by atoms with Crippen LogP contribution >= 0.6 is 0 Å². The maximum absolute atomic E-state index is 13.1. The Morgan fingerprint density at radius 2 is 2.14 bits per heavy atom. The zero-order valence-corrected chi connectivity index (χ0v) is 13.0. The van der Waals surface area contributed by atoms with E-state index in [0.29, 0.717) is 18.5 Å². The third-order valence-corrected chi connectivity index (χ3v) is 3.91. The van der Waals surface area contributed by atoms with Gasteiger partial charge in [0.15, 0.2) is 0 Å². The monoisotopic (exact) mass is 296 g/mol. The van der Waals surface area contributed by atoms with Crippen molar-refractivity contribution in [3.8, 4) is 0 Å². The molecule has 0 unspecified atom stereocenters. The molecule has 1 aromatic carbocycles. The number of rotatable bonds is 2. The number of fused-ring (bicyclic) bond motifs is 1. The summed E-state index contributed by atoms with van der Waals surface area (Å²) in [4.78, 5) is 14.9. The van der Waals surface area contributed by atoms with Crippen molar-refractivity contribution in [2.75, 3.05) is 18.0 Å². The van der Waals surface area contributed by atoms with Gasteiger partial charge in [0.25, 0.3) is 5.91 Å². The fourth-order valence-corrected chi connectivity index (χ4v) is 2.77. The van der Waals surface area contributed by atoms with Crippen LogP contribution in [0.5, 0.6) is 0 Å². The summed E-state index contributed by atoms with van der Waals surface area (Å²) in [5.74, 6) is 0.00556. The maximum atomic E-state index is 13.1. The molecule has 114 valence electrons. The van der Waals surface area contributed by atoms with Crippen molar-refractivity contribution in [2.24, 2.45) is 0 Å². The lowest BCUT2D eigenvalue weighted by Gasteiger charge is -2.23. The summed E-state index contributed by atoms with van der Waals surface area (Å²) >= 11 is 0. The molecule has 0 atom stereocenters. The standard InChI is InChI=1S/C17H20N4O/c1-3-15-14(10-12(2)19-20-15)17(22)21-9-8-18-11-13-6-4-5-7-16(13)21/h4-7,10,18H,3,8-9,11H2,1-2H3. The molecule has 5 nitrogen and oxygen atoms in total. The molecule has 22 heavy (non-hydrogen) atoms. The zero-order valence-electron chi connectivity index (χ0n) is 13.0. The van der Waals surface area contributed by atoms with E-state index in [9.17, 15) is 4.79 Å². The fraction of sp³-hybridized carbons (Fsp3) is 0.353. The zero-order chi connectivity index (χ0) is 15.5. The molecule has 0 saturated heterocycles. The van der Waals surface area contributed by atoms with E-state index in [1.165, 1.54) is 0 Å². The lowest BCUT2D eigenvalue weighted by atomic mass is 10.1. The number of nitrogens with zero attached hydrogens (tertiary/aromatic N) is 3. The molecule has 0 spiro atoms. The number of hydrogen-bond donors (Lipinski definition) is 1. The van der Waals surface area contributed by atoms with Crippen molar-refractivity contribution < 1.29 is 4.79 Å². The van der Waals surface area contributed by atoms with Crippen LogP contribution in [0.25, 0.3) is 0 Å². The van der Waals surface area contributed by atoms with Crippen LogP contribution in [0.4, 0.5) is 5.69 Å². The highest BCUT2D eigenvalue weighted by Crippen LogP contribution is 2.24. The summed E-state index contributed by atoms with van der Waals surface area (Å²) < 4.78 is 0. The molecule has 1 aliphatic rings. The molecular weight excluding hydrogens is 276 g/mol. The number of nitrogens with one attached hydrogen (secondary N) is 1. The average molecular weight is 296 g/mol. The first kappa shape index (κ1) is 14.7. The van der Waals surface area contributed by atoms with Gasteiger partial charge in [-0.05, 0) is 31.0 Å². The first-order valence-corrected chi connectivity index (χ1v) is 7.64. The van der Waals surface area contributed by atoms with Gasteiger partial charge in [-0.25, -0.2) is 0 Å². The molecule has 1 N–H and O–H groups in total. The number of carbonyl (C=O) groups is 1. The molecule has 1 aromatic heterocycles. The first-order chi connectivity index (χ1) is 10.7. The molecule has 0 radical (unpaired) electrons. The summed E-state index contributed by atoms with van der Waals surface area (Å²) in [7, 11) is 0. The van der Waals surface area contributed by atoms with Crippen LogP contribution in [-0.2, 0) is 13.0 Å². The van der Waals surface area contributed by atoms with Gasteiger partial charge in [0.1, 0.15) is 0 Å². The molecule has 2 heterocycles. The number of benzene rings is 1. The van der Waals surface area contributed by atoms with E-state index in [4.69, 9.17) is 0 Å². The Labute approximate surface area is 130 Å².